The number of benzene rings is 2. The molecule has 0 radical (unpaired) electrons. The highest BCUT2D eigenvalue weighted by atomic mass is 16.1. The van der Waals surface area contributed by atoms with Crippen molar-refractivity contribution in [1.29, 1.82) is 0 Å². The van der Waals surface area contributed by atoms with Crippen molar-refractivity contribution < 1.29 is 4.79 Å². The zero-order valence-corrected chi connectivity index (χ0v) is 13.1. The number of unbranched alkanes of at least 4 members (excludes halogenated alkanes) is 2. The van der Waals surface area contributed by atoms with E-state index in [0.29, 0.717) is 0 Å². The summed E-state index contributed by atoms with van der Waals surface area (Å²) >= 11 is 0. The maximum Gasteiger partial charge on any atom is 0.150 e. The van der Waals surface area contributed by atoms with Crippen LogP contribution in [0.5, 0.6) is 0 Å². The van der Waals surface area contributed by atoms with Crippen molar-refractivity contribution in [2.75, 3.05) is 0 Å². The highest BCUT2D eigenvalue weighted by Gasteiger charge is 2.38. The molecule has 0 saturated carbocycles. The summed E-state index contributed by atoms with van der Waals surface area (Å²) in [5.41, 5.74) is 6.08. The van der Waals surface area contributed by atoms with Crippen LogP contribution in [0, 0.1) is 0 Å². The Morgan fingerprint density at radius 1 is 1.05 bits per heavy atom. The molecule has 2 aromatic rings. The van der Waals surface area contributed by atoms with Crippen LogP contribution >= 0.6 is 0 Å². The van der Waals surface area contributed by atoms with Crippen LogP contribution in [0.2, 0.25) is 0 Å². The van der Waals surface area contributed by atoms with Gasteiger partial charge < -0.3 is 0 Å². The lowest BCUT2D eigenvalue weighted by molar-refractivity contribution is 0.112. The van der Waals surface area contributed by atoms with Gasteiger partial charge in [0.25, 0.3) is 0 Å². The average molecular weight is 290 g/mol. The predicted octanol–water partition coefficient (Wildman–Crippen LogP) is 5.53. The molecule has 1 nitrogen and oxygen atoms in total. The van der Waals surface area contributed by atoms with Gasteiger partial charge in [0.05, 0.1) is 0 Å². The summed E-state index contributed by atoms with van der Waals surface area (Å²) in [4.78, 5) is 11.2. The Morgan fingerprint density at radius 2 is 1.82 bits per heavy atom. The number of fused-ring (bicyclic) bond motifs is 3. The van der Waals surface area contributed by atoms with Crippen molar-refractivity contribution >= 4 is 6.29 Å². The third-order valence-electron chi connectivity index (χ3n) is 4.92. The Morgan fingerprint density at radius 3 is 2.59 bits per heavy atom. The number of hydrogen-bond donors (Lipinski definition) is 0. The first-order valence-electron chi connectivity index (χ1n) is 8.01. The van der Waals surface area contributed by atoms with Gasteiger partial charge in [0.2, 0.25) is 0 Å². The molecule has 2 aromatic carbocycles. The molecule has 22 heavy (non-hydrogen) atoms. The largest absolute Gasteiger partial charge is 0.298 e. The van der Waals surface area contributed by atoms with E-state index in [1.165, 1.54) is 35.1 Å². The minimum absolute atomic E-state index is 0.00607. The van der Waals surface area contributed by atoms with Crippen LogP contribution in [-0.2, 0) is 5.41 Å². The smallest absolute Gasteiger partial charge is 0.150 e. The molecule has 1 aliphatic rings. The second kappa shape index (κ2) is 5.92. The van der Waals surface area contributed by atoms with Crippen LogP contribution < -0.4 is 0 Å². The summed E-state index contributed by atoms with van der Waals surface area (Å²) in [5.74, 6) is 0. The Kier molecular flexibility index (Phi) is 3.98. The van der Waals surface area contributed by atoms with Gasteiger partial charge in [-0.15, -0.1) is 6.58 Å². The lowest BCUT2D eigenvalue weighted by Crippen LogP contribution is -2.20. The van der Waals surface area contributed by atoms with E-state index in [4.69, 9.17) is 0 Å². The first kappa shape index (κ1) is 14.8. The highest BCUT2D eigenvalue weighted by molar-refractivity contribution is 5.85. The summed E-state index contributed by atoms with van der Waals surface area (Å²) in [6, 6.07) is 14.8. The van der Waals surface area contributed by atoms with Crippen LogP contribution in [0.25, 0.3) is 11.1 Å². The summed E-state index contributed by atoms with van der Waals surface area (Å²) in [6.45, 7) is 6.12. The maximum absolute atomic E-state index is 11.2. The molecule has 0 fully saturated rings. The molecular formula is C21H22O. The molecule has 0 spiro atoms. The van der Waals surface area contributed by atoms with Gasteiger partial charge in [-0.2, -0.15) is 0 Å². The third kappa shape index (κ3) is 2.31. The van der Waals surface area contributed by atoms with Gasteiger partial charge in [-0.1, -0.05) is 55.8 Å². The highest BCUT2D eigenvalue weighted by Crippen LogP contribution is 2.51. The van der Waals surface area contributed by atoms with E-state index >= 15 is 0 Å². The molecule has 0 bridgehead atoms. The van der Waals surface area contributed by atoms with E-state index in [9.17, 15) is 4.79 Å². The van der Waals surface area contributed by atoms with E-state index in [2.05, 4.69) is 49.9 Å². The summed E-state index contributed by atoms with van der Waals surface area (Å²) < 4.78 is 0. The molecular weight excluding hydrogens is 268 g/mol. The van der Waals surface area contributed by atoms with Crippen molar-refractivity contribution in [1.82, 2.24) is 0 Å². The molecule has 0 aromatic heterocycles. The average Bonchev–Trinajstić information content (AvgIpc) is 2.81. The third-order valence-corrected chi connectivity index (χ3v) is 4.92. The molecule has 1 unspecified atom stereocenters. The summed E-state index contributed by atoms with van der Waals surface area (Å²) in [7, 11) is 0. The fraction of sp³-hybridized carbons (Fsp3) is 0.286. The van der Waals surface area contributed by atoms with Crippen LogP contribution in [0.3, 0.4) is 0 Å². The second-order valence-corrected chi connectivity index (χ2v) is 6.34. The molecule has 0 aliphatic heterocycles. The van der Waals surface area contributed by atoms with E-state index in [1.54, 1.807) is 0 Å². The monoisotopic (exact) mass is 290 g/mol. The molecule has 1 aliphatic carbocycles. The van der Waals surface area contributed by atoms with E-state index in [1.807, 2.05) is 12.1 Å². The maximum atomic E-state index is 11.2. The van der Waals surface area contributed by atoms with Gasteiger partial charge in [0, 0.05) is 11.0 Å². The normalized spacial score (nSPS) is 18.6. The number of allylic oxidation sites excluding steroid dienone is 1. The van der Waals surface area contributed by atoms with Crippen LogP contribution in [0.1, 0.15) is 54.1 Å². The second-order valence-electron chi connectivity index (χ2n) is 6.34. The number of hydrogen-bond acceptors (Lipinski definition) is 1. The molecule has 0 heterocycles. The molecule has 112 valence electrons. The molecule has 1 atom stereocenters. The standard InChI is InChI=1S/C21H22O/c1-3-4-5-8-13-21(2)19-10-7-6-9-17(19)18-12-11-16(15-22)14-20(18)21/h3,6-7,9-12,14-15H,1,4-5,8,13H2,2H3. The Labute approximate surface area is 132 Å². The predicted molar refractivity (Wildman–Crippen MR) is 92.4 cm³/mol. The summed E-state index contributed by atoms with van der Waals surface area (Å²) in [6.07, 6.45) is 7.45. The fourth-order valence-corrected chi connectivity index (χ4v) is 3.71. The van der Waals surface area contributed by atoms with Crippen molar-refractivity contribution in [2.45, 2.75) is 38.0 Å². The fourth-order valence-electron chi connectivity index (χ4n) is 3.71. The Balaban J connectivity index is 2.05. The van der Waals surface area contributed by atoms with Gasteiger partial charge in [-0.3, -0.25) is 4.79 Å². The topological polar surface area (TPSA) is 17.1 Å². The van der Waals surface area contributed by atoms with E-state index < -0.39 is 0 Å². The minimum atomic E-state index is 0.00607. The van der Waals surface area contributed by atoms with Crippen molar-refractivity contribution in [2.24, 2.45) is 0 Å². The van der Waals surface area contributed by atoms with Crippen molar-refractivity contribution in [3.8, 4) is 11.1 Å². The zero-order valence-electron chi connectivity index (χ0n) is 13.1. The number of carbonyl (C=O) groups excluding carboxylic acids is 1. The molecule has 0 N–H and O–H groups in total. The number of rotatable bonds is 6. The lowest BCUT2D eigenvalue weighted by Gasteiger charge is -2.27. The number of carbonyl (C=O) groups is 1. The van der Waals surface area contributed by atoms with Gasteiger partial charge in [0.15, 0.2) is 0 Å². The first-order valence-corrected chi connectivity index (χ1v) is 8.01. The van der Waals surface area contributed by atoms with Crippen LogP contribution in [0.15, 0.2) is 55.1 Å². The van der Waals surface area contributed by atoms with Gasteiger partial charge in [0.1, 0.15) is 6.29 Å². The summed E-state index contributed by atoms with van der Waals surface area (Å²) in [5, 5.41) is 0. The molecule has 1 heteroatoms. The van der Waals surface area contributed by atoms with Gasteiger partial charge >= 0.3 is 0 Å². The zero-order chi connectivity index (χ0) is 15.6. The van der Waals surface area contributed by atoms with E-state index in [0.717, 1.165) is 24.7 Å². The first-order chi connectivity index (χ1) is 10.7. The molecule has 0 amide bonds. The minimum Gasteiger partial charge on any atom is -0.298 e. The van der Waals surface area contributed by atoms with Crippen LogP contribution in [-0.4, -0.2) is 6.29 Å². The Hall–Kier alpha value is -2.15. The quantitative estimate of drug-likeness (QED) is 0.388. The number of aldehydes is 1. The van der Waals surface area contributed by atoms with E-state index in [-0.39, 0.29) is 5.41 Å². The van der Waals surface area contributed by atoms with Gasteiger partial charge in [-0.05, 0) is 47.6 Å². The van der Waals surface area contributed by atoms with Gasteiger partial charge in [-0.25, -0.2) is 0 Å². The van der Waals surface area contributed by atoms with Crippen molar-refractivity contribution in [3.05, 3.63) is 71.8 Å². The SMILES string of the molecule is C=CCCCCC1(C)c2ccccc2-c2ccc(C=O)cc21. The molecule has 3 rings (SSSR count). The lowest BCUT2D eigenvalue weighted by atomic mass is 9.76. The Bertz CT molecular complexity index is 714. The van der Waals surface area contributed by atoms with Crippen LogP contribution in [0.4, 0.5) is 0 Å². The molecule has 0 saturated heterocycles. The van der Waals surface area contributed by atoms with Crippen molar-refractivity contribution in [3.63, 3.8) is 0 Å².